The Balaban J connectivity index is 1.25. The first-order valence-electron chi connectivity index (χ1n) is 10.1. The zero-order valence-corrected chi connectivity index (χ0v) is 16.7. The van der Waals surface area contributed by atoms with Gasteiger partial charge in [0.2, 0.25) is 0 Å². The molecule has 0 spiro atoms. The molecular formula is C22H19F3N4O3. The van der Waals surface area contributed by atoms with Gasteiger partial charge in [0.1, 0.15) is 23.9 Å². The van der Waals surface area contributed by atoms with Crippen LogP contribution < -0.4 is 5.32 Å². The monoisotopic (exact) mass is 444 g/mol. The van der Waals surface area contributed by atoms with Crippen molar-refractivity contribution >= 4 is 5.91 Å². The lowest BCUT2D eigenvalue weighted by molar-refractivity contribution is -0.137. The molecule has 2 saturated heterocycles. The molecule has 1 amide bonds. The van der Waals surface area contributed by atoms with Crippen LogP contribution in [0.4, 0.5) is 13.2 Å². The summed E-state index contributed by atoms with van der Waals surface area (Å²) in [5.74, 6) is -0.479. The molecule has 5 rings (SSSR count). The minimum atomic E-state index is -4.45. The number of ether oxygens (including phenoxy) is 2. The van der Waals surface area contributed by atoms with Gasteiger partial charge in [-0.1, -0.05) is 35.5 Å². The summed E-state index contributed by atoms with van der Waals surface area (Å²) in [6.45, 7) is 0.581. The summed E-state index contributed by atoms with van der Waals surface area (Å²) in [5, 5.41) is 11.3. The number of rotatable bonds is 4. The molecule has 166 valence electrons. The van der Waals surface area contributed by atoms with Gasteiger partial charge in [0.15, 0.2) is 0 Å². The minimum absolute atomic E-state index is 0.139. The summed E-state index contributed by atoms with van der Waals surface area (Å²) in [6.07, 6.45) is -3.32. The van der Waals surface area contributed by atoms with Gasteiger partial charge in [0.05, 0.1) is 31.0 Å². The van der Waals surface area contributed by atoms with E-state index in [0.29, 0.717) is 6.61 Å². The highest BCUT2D eigenvalue weighted by molar-refractivity contribution is 5.94. The van der Waals surface area contributed by atoms with Crippen LogP contribution in [0.15, 0.2) is 60.8 Å². The number of benzene rings is 2. The van der Waals surface area contributed by atoms with Crippen LogP contribution >= 0.6 is 0 Å². The van der Waals surface area contributed by atoms with E-state index in [1.807, 2.05) is 36.5 Å². The molecule has 2 aromatic carbocycles. The van der Waals surface area contributed by atoms with E-state index in [4.69, 9.17) is 9.47 Å². The number of amides is 1. The lowest BCUT2D eigenvalue weighted by Crippen LogP contribution is -2.44. The van der Waals surface area contributed by atoms with Crippen molar-refractivity contribution in [1.82, 2.24) is 20.3 Å². The standard InChI is InChI=1S/C22H19F3N4O3/c23-22(24,25)15-8-6-14(7-9-15)21(30)26-17-11-31-20-18(12-32-19(17)20)29-10-16(27-28-29)13-4-2-1-3-5-13/h1-10,17-20H,11-12H2,(H,26,30)/t17-,18-,19+,20+/m0/s1. The molecule has 10 heteroatoms. The Morgan fingerprint density at radius 3 is 2.44 bits per heavy atom. The second-order valence-corrected chi connectivity index (χ2v) is 7.77. The van der Waals surface area contributed by atoms with Crippen LogP contribution in [0.5, 0.6) is 0 Å². The molecule has 0 radical (unpaired) electrons. The number of nitrogens with zero attached hydrogens (tertiary/aromatic N) is 3. The van der Waals surface area contributed by atoms with Gasteiger partial charge in [-0.05, 0) is 24.3 Å². The first-order chi connectivity index (χ1) is 15.4. The van der Waals surface area contributed by atoms with Gasteiger partial charge in [-0.25, -0.2) is 4.68 Å². The molecule has 3 aromatic rings. The van der Waals surface area contributed by atoms with Gasteiger partial charge < -0.3 is 14.8 Å². The van der Waals surface area contributed by atoms with Gasteiger partial charge in [-0.3, -0.25) is 4.79 Å². The number of fused-ring (bicyclic) bond motifs is 1. The molecule has 1 aromatic heterocycles. The van der Waals surface area contributed by atoms with Crippen molar-refractivity contribution in [1.29, 1.82) is 0 Å². The number of hydrogen-bond acceptors (Lipinski definition) is 5. The fourth-order valence-corrected chi connectivity index (χ4v) is 4.07. The zero-order chi connectivity index (χ0) is 22.3. The number of hydrogen-bond donors (Lipinski definition) is 1. The van der Waals surface area contributed by atoms with Crippen molar-refractivity contribution in [2.75, 3.05) is 13.2 Å². The summed E-state index contributed by atoms with van der Waals surface area (Å²) in [5.41, 5.74) is 1.02. The second kappa shape index (κ2) is 8.03. The van der Waals surface area contributed by atoms with Crippen LogP contribution in [0.3, 0.4) is 0 Å². The first-order valence-corrected chi connectivity index (χ1v) is 10.1. The van der Waals surface area contributed by atoms with Crippen molar-refractivity contribution in [3.05, 3.63) is 71.9 Å². The minimum Gasteiger partial charge on any atom is -0.371 e. The van der Waals surface area contributed by atoms with E-state index >= 15 is 0 Å². The molecule has 32 heavy (non-hydrogen) atoms. The van der Waals surface area contributed by atoms with Crippen molar-refractivity contribution in [3.63, 3.8) is 0 Å². The third-order valence-corrected chi connectivity index (χ3v) is 5.74. The van der Waals surface area contributed by atoms with Gasteiger partial charge in [0, 0.05) is 11.1 Å². The molecule has 2 aliphatic heterocycles. The molecule has 4 atom stereocenters. The molecule has 0 bridgehead atoms. The Labute approximate surface area is 181 Å². The molecular weight excluding hydrogens is 425 g/mol. The van der Waals surface area contributed by atoms with Crippen molar-refractivity contribution in [2.24, 2.45) is 0 Å². The number of carbonyl (C=O) groups excluding carboxylic acids is 1. The molecule has 2 aliphatic rings. The maximum Gasteiger partial charge on any atom is 0.416 e. The molecule has 3 heterocycles. The maximum absolute atomic E-state index is 12.7. The van der Waals surface area contributed by atoms with Gasteiger partial charge in [-0.2, -0.15) is 13.2 Å². The van der Waals surface area contributed by atoms with Gasteiger partial charge >= 0.3 is 6.18 Å². The molecule has 0 unspecified atom stereocenters. The van der Waals surface area contributed by atoms with Crippen LogP contribution in [0.25, 0.3) is 11.3 Å². The normalized spacial score (nSPS) is 25.0. The van der Waals surface area contributed by atoms with E-state index in [9.17, 15) is 18.0 Å². The van der Waals surface area contributed by atoms with E-state index in [1.165, 1.54) is 0 Å². The number of alkyl halides is 3. The largest absolute Gasteiger partial charge is 0.416 e. The topological polar surface area (TPSA) is 78.3 Å². The summed E-state index contributed by atoms with van der Waals surface area (Å²) in [6, 6.07) is 13.1. The maximum atomic E-state index is 12.7. The highest BCUT2D eigenvalue weighted by Gasteiger charge is 2.49. The Kier molecular flexibility index (Phi) is 5.18. The van der Waals surface area contributed by atoms with Crippen molar-refractivity contribution in [3.8, 4) is 11.3 Å². The van der Waals surface area contributed by atoms with Crippen molar-refractivity contribution < 1.29 is 27.4 Å². The summed E-state index contributed by atoms with van der Waals surface area (Å²) in [4.78, 5) is 12.5. The Bertz CT molecular complexity index is 1100. The number of nitrogens with one attached hydrogen (secondary N) is 1. The second-order valence-electron chi connectivity index (χ2n) is 7.77. The Morgan fingerprint density at radius 2 is 1.72 bits per heavy atom. The van der Waals surface area contributed by atoms with E-state index in [-0.39, 0.29) is 30.4 Å². The average Bonchev–Trinajstić information content (AvgIpc) is 3.51. The molecule has 7 nitrogen and oxygen atoms in total. The SMILES string of the molecule is O=C(N[C@H]1CO[C@H]2[C@@H]1OC[C@@H]2n1cc(-c2ccccc2)nn1)c1ccc(C(F)(F)F)cc1. The highest BCUT2D eigenvalue weighted by atomic mass is 19.4. The number of carbonyl (C=O) groups is 1. The Hall–Kier alpha value is -3.24. The number of aromatic nitrogens is 3. The van der Waals surface area contributed by atoms with E-state index in [0.717, 1.165) is 35.5 Å². The fourth-order valence-electron chi connectivity index (χ4n) is 4.07. The van der Waals surface area contributed by atoms with E-state index in [2.05, 4.69) is 15.6 Å². The first kappa shape index (κ1) is 20.7. The summed E-state index contributed by atoms with van der Waals surface area (Å²) >= 11 is 0. The van der Waals surface area contributed by atoms with Crippen LogP contribution in [-0.4, -0.2) is 52.4 Å². The predicted octanol–water partition coefficient (Wildman–Crippen LogP) is 3.10. The van der Waals surface area contributed by atoms with Gasteiger partial charge in [0.25, 0.3) is 5.91 Å². The van der Waals surface area contributed by atoms with Crippen LogP contribution in [-0.2, 0) is 15.7 Å². The van der Waals surface area contributed by atoms with E-state index in [1.54, 1.807) is 4.68 Å². The zero-order valence-electron chi connectivity index (χ0n) is 16.7. The smallest absolute Gasteiger partial charge is 0.371 e. The van der Waals surface area contributed by atoms with Crippen LogP contribution in [0.2, 0.25) is 0 Å². The van der Waals surface area contributed by atoms with Crippen LogP contribution in [0, 0.1) is 0 Å². The summed E-state index contributed by atoms with van der Waals surface area (Å²) < 4.78 is 51.7. The van der Waals surface area contributed by atoms with Crippen molar-refractivity contribution in [2.45, 2.75) is 30.5 Å². The van der Waals surface area contributed by atoms with Gasteiger partial charge in [-0.15, -0.1) is 5.10 Å². The molecule has 2 fully saturated rings. The van der Waals surface area contributed by atoms with E-state index < -0.39 is 23.7 Å². The third kappa shape index (κ3) is 3.87. The quantitative estimate of drug-likeness (QED) is 0.669. The van der Waals surface area contributed by atoms with Crippen LogP contribution in [0.1, 0.15) is 22.0 Å². The molecule has 1 N–H and O–H groups in total. The lowest BCUT2D eigenvalue weighted by atomic mass is 10.1. The highest BCUT2D eigenvalue weighted by Crippen LogP contribution is 2.35. The summed E-state index contributed by atoms with van der Waals surface area (Å²) in [7, 11) is 0. The molecule has 0 saturated carbocycles. The molecule has 0 aliphatic carbocycles. The lowest BCUT2D eigenvalue weighted by Gasteiger charge is -2.18. The Morgan fingerprint density at radius 1 is 1.00 bits per heavy atom. The fraction of sp³-hybridized carbons (Fsp3) is 0.318. The average molecular weight is 444 g/mol. The number of halogens is 3. The third-order valence-electron chi connectivity index (χ3n) is 5.74. The predicted molar refractivity (Wildman–Crippen MR) is 107 cm³/mol.